The molecule has 4 atom stereocenters. The number of ether oxygens (including phenoxy) is 1. The quantitative estimate of drug-likeness (QED) is 0.761. The first-order chi connectivity index (χ1) is 7.22. The van der Waals surface area contributed by atoms with Gasteiger partial charge in [-0.1, -0.05) is 6.92 Å². The Morgan fingerprint density at radius 3 is 2.73 bits per heavy atom. The van der Waals surface area contributed by atoms with Crippen molar-refractivity contribution in [3.8, 4) is 0 Å². The number of nitrogens with zero attached hydrogens (tertiary/aromatic N) is 1. The standard InChI is InChI=1S/C12H24N2O/c1-9-5-10(2)14(7-9)12(6-13)11-3-4-15-8-11/h9-12H,3-8,13H2,1-2H3. The van der Waals surface area contributed by atoms with Crippen LogP contribution in [0.5, 0.6) is 0 Å². The lowest BCUT2D eigenvalue weighted by Gasteiger charge is -2.34. The van der Waals surface area contributed by atoms with E-state index < -0.39 is 0 Å². The molecule has 0 aromatic carbocycles. The molecule has 0 radical (unpaired) electrons. The minimum absolute atomic E-state index is 0.549. The first-order valence-electron chi connectivity index (χ1n) is 6.26. The summed E-state index contributed by atoms with van der Waals surface area (Å²) in [6.07, 6.45) is 2.52. The molecule has 2 aliphatic heterocycles. The fourth-order valence-corrected chi connectivity index (χ4v) is 3.25. The normalized spacial score (nSPS) is 39.8. The molecule has 15 heavy (non-hydrogen) atoms. The second kappa shape index (κ2) is 4.81. The maximum Gasteiger partial charge on any atom is 0.0510 e. The number of hydrogen-bond acceptors (Lipinski definition) is 3. The molecule has 0 aromatic rings. The molecule has 2 N–H and O–H groups in total. The van der Waals surface area contributed by atoms with Crippen LogP contribution in [0.4, 0.5) is 0 Å². The van der Waals surface area contributed by atoms with E-state index in [4.69, 9.17) is 10.5 Å². The van der Waals surface area contributed by atoms with E-state index in [9.17, 15) is 0 Å². The molecule has 2 saturated heterocycles. The zero-order valence-electron chi connectivity index (χ0n) is 9.98. The van der Waals surface area contributed by atoms with Crippen LogP contribution in [0.15, 0.2) is 0 Å². The predicted molar refractivity (Wildman–Crippen MR) is 61.7 cm³/mol. The lowest BCUT2D eigenvalue weighted by Crippen LogP contribution is -2.47. The van der Waals surface area contributed by atoms with E-state index >= 15 is 0 Å². The summed E-state index contributed by atoms with van der Waals surface area (Å²) in [5, 5.41) is 0. The van der Waals surface area contributed by atoms with Crippen molar-refractivity contribution in [1.82, 2.24) is 4.90 Å². The van der Waals surface area contributed by atoms with Gasteiger partial charge in [-0.2, -0.15) is 0 Å². The molecule has 0 bridgehead atoms. The largest absolute Gasteiger partial charge is 0.381 e. The first-order valence-corrected chi connectivity index (χ1v) is 6.26. The Hall–Kier alpha value is -0.120. The highest BCUT2D eigenvalue weighted by Crippen LogP contribution is 2.29. The highest BCUT2D eigenvalue weighted by Gasteiger charge is 2.36. The van der Waals surface area contributed by atoms with E-state index in [2.05, 4.69) is 18.7 Å². The summed E-state index contributed by atoms with van der Waals surface area (Å²) in [6.45, 7) is 8.53. The summed E-state index contributed by atoms with van der Waals surface area (Å²) in [5.74, 6) is 1.50. The molecule has 0 saturated carbocycles. The topological polar surface area (TPSA) is 38.5 Å². The zero-order valence-corrected chi connectivity index (χ0v) is 9.98. The molecule has 3 nitrogen and oxygen atoms in total. The Morgan fingerprint density at radius 2 is 2.27 bits per heavy atom. The Labute approximate surface area is 93.0 Å². The van der Waals surface area contributed by atoms with Gasteiger partial charge in [-0.05, 0) is 25.7 Å². The number of likely N-dealkylation sites (tertiary alicyclic amines) is 1. The summed E-state index contributed by atoms with van der Waals surface area (Å²) in [7, 11) is 0. The highest BCUT2D eigenvalue weighted by atomic mass is 16.5. The molecule has 0 spiro atoms. The minimum Gasteiger partial charge on any atom is -0.381 e. The van der Waals surface area contributed by atoms with Crippen molar-refractivity contribution in [2.45, 2.75) is 38.8 Å². The van der Waals surface area contributed by atoms with E-state index in [-0.39, 0.29) is 0 Å². The van der Waals surface area contributed by atoms with E-state index in [1.54, 1.807) is 0 Å². The van der Waals surface area contributed by atoms with Gasteiger partial charge in [0.2, 0.25) is 0 Å². The molecule has 2 aliphatic rings. The molecule has 0 amide bonds. The third kappa shape index (κ3) is 2.35. The van der Waals surface area contributed by atoms with Gasteiger partial charge in [0.25, 0.3) is 0 Å². The van der Waals surface area contributed by atoms with Crippen molar-refractivity contribution in [3.63, 3.8) is 0 Å². The smallest absolute Gasteiger partial charge is 0.0510 e. The van der Waals surface area contributed by atoms with E-state index in [0.717, 1.165) is 25.7 Å². The molecule has 4 unspecified atom stereocenters. The van der Waals surface area contributed by atoms with Crippen LogP contribution in [0.2, 0.25) is 0 Å². The third-order valence-electron chi connectivity index (χ3n) is 4.01. The summed E-state index contributed by atoms with van der Waals surface area (Å²) < 4.78 is 5.48. The Balaban J connectivity index is 1.99. The monoisotopic (exact) mass is 212 g/mol. The minimum atomic E-state index is 0.549. The average molecular weight is 212 g/mol. The van der Waals surface area contributed by atoms with Gasteiger partial charge in [-0.3, -0.25) is 4.90 Å². The molecule has 3 heteroatoms. The van der Waals surface area contributed by atoms with E-state index in [0.29, 0.717) is 18.0 Å². The second-order valence-corrected chi connectivity index (χ2v) is 5.31. The van der Waals surface area contributed by atoms with Gasteiger partial charge in [0.05, 0.1) is 6.61 Å². The summed E-state index contributed by atoms with van der Waals surface area (Å²) >= 11 is 0. The molecule has 88 valence electrons. The van der Waals surface area contributed by atoms with E-state index in [1.807, 2.05) is 0 Å². The molecular formula is C12H24N2O. The molecule has 2 heterocycles. The van der Waals surface area contributed by atoms with Crippen molar-refractivity contribution >= 4 is 0 Å². The fourth-order valence-electron chi connectivity index (χ4n) is 3.25. The van der Waals surface area contributed by atoms with Gasteiger partial charge in [-0.15, -0.1) is 0 Å². The maximum atomic E-state index is 5.94. The van der Waals surface area contributed by atoms with Crippen LogP contribution in [0, 0.1) is 11.8 Å². The van der Waals surface area contributed by atoms with Gasteiger partial charge >= 0.3 is 0 Å². The van der Waals surface area contributed by atoms with Crippen LogP contribution in [0.3, 0.4) is 0 Å². The van der Waals surface area contributed by atoms with Crippen molar-refractivity contribution in [1.29, 1.82) is 0 Å². The fraction of sp³-hybridized carbons (Fsp3) is 1.00. The van der Waals surface area contributed by atoms with Crippen molar-refractivity contribution in [3.05, 3.63) is 0 Å². The summed E-state index contributed by atoms with van der Waals surface area (Å²) in [5.41, 5.74) is 5.94. The number of hydrogen-bond donors (Lipinski definition) is 1. The van der Waals surface area contributed by atoms with Crippen LogP contribution in [0.25, 0.3) is 0 Å². The van der Waals surface area contributed by atoms with Gasteiger partial charge in [0, 0.05) is 37.7 Å². The molecule has 0 aromatic heterocycles. The highest BCUT2D eigenvalue weighted by molar-refractivity contribution is 4.90. The Bertz CT molecular complexity index is 204. The van der Waals surface area contributed by atoms with Gasteiger partial charge in [0.15, 0.2) is 0 Å². The molecule has 2 fully saturated rings. The number of nitrogens with two attached hydrogens (primary N) is 1. The third-order valence-corrected chi connectivity index (χ3v) is 4.01. The predicted octanol–water partition coefficient (Wildman–Crippen LogP) is 1.08. The first kappa shape index (κ1) is 11.4. The van der Waals surface area contributed by atoms with Crippen LogP contribution >= 0.6 is 0 Å². The average Bonchev–Trinajstić information content (AvgIpc) is 2.79. The van der Waals surface area contributed by atoms with Gasteiger partial charge in [0.1, 0.15) is 0 Å². The number of rotatable bonds is 3. The lowest BCUT2D eigenvalue weighted by molar-refractivity contribution is 0.116. The second-order valence-electron chi connectivity index (χ2n) is 5.31. The summed E-state index contributed by atoms with van der Waals surface area (Å²) in [6, 6.07) is 1.25. The van der Waals surface area contributed by atoms with Gasteiger partial charge in [-0.25, -0.2) is 0 Å². The zero-order chi connectivity index (χ0) is 10.8. The van der Waals surface area contributed by atoms with E-state index in [1.165, 1.54) is 19.4 Å². The van der Waals surface area contributed by atoms with Crippen LogP contribution in [-0.2, 0) is 4.74 Å². The lowest BCUT2D eigenvalue weighted by atomic mass is 9.97. The molecule has 0 aliphatic carbocycles. The summed E-state index contributed by atoms with van der Waals surface area (Å²) in [4.78, 5) is 2.62. The maximum absolute atomic E-state index is 5.94. The Kier molecular flexibility index (Phi) is 3.65. The van der Waals surface area contributed by atoms with Crippen molar-refractivity contribution < 1.29 is 4.74 Å². The van der Waals surface area contributed by atoms with Gasteiger partial charge < -0.3 is 10.5 Å². The van der Waals surface area contributed by atoms with Crippen molar-refractivity contribution in [2.75, 3.05) is 26.3 Å². The van der Waals surface area contributed by atoms with Crippen LogP contribution in [0.1, 0.15) is 26.7 Å². The molecular weight excluding hydrogens is 188 g/mol. The van der Waals surface area contributed by atoms with Crippen LogP contribution in [-0.4, -0.2) is 43.3 Å². The van der Waals surface area contributed by atoms with Crippen molar-refractivity contribution in [2.24, 2.45) is 17.6 Å². The van der Waals surface area contributed by atoms with Crippen LogP contribution < -0.4 is 5.73 Å². The molecule has 2 rings (SSSR count). The Morgan fingerprint density at radius 1 is 1.47 bits per heavy atom. The SMILES string of the molecule is CC1CC(C)N(C(CN)C2CCOC2)C1.